The summed E-state index contributed by atoms with van der Waals surface area (Å²) in [6.45, 7) is 7.47. The first-order valence-corrected chi connectivity index (χ1v) is 5.29. The van der Waals surface area contributed by atoms with Gasteiger partial charge in [0.2, 0.25) is 0 Å². The number of aromatic amines is 1. The molecule has 94 valence electrons. The third-order valence-electron chi connectivity index (χ3n) is 2.73. The quantitative estimate of drug-likeness (QED) is 0.879. The van der Waals surface area contributed by atoms with Crippen LogP contribution in [0.15, 0.2) is 10.7 Å². The van der Waals surface area contributed by atoms with Crippen LogP contribution in [-0.2, 0) is 13.1 Å². The van der Waals surface area contributed by atoms with Crippen molar-refractivity contribution >= 4 is 12.4 Å². The molecular formula is C11H17ClN4O. The van der Waals surface area contributed by atoms with Crippen LogP contribution in [-0.4, -0.2) is 15.4 Å². The minimum Gasteiger partial charge on any atom is -0.361 e. The van der Waals surface area contributed by atoms with Gasteiger partial charge in [0.1, 0.15) is 5.76 Å². The maximum Gasteiger partial charge on any atom is 0.138 e. The SMILES string of the molecule is Cc1noc(C)c1CNCc1cn[nH]c1C.Cl. The Balaban J connectivity index is 0.00000144. The summed E-state index contributed by atoms with van der Waals surface area (Å²) in [7, 11) is 0. The zero-order valence-electron chi connectivity index (χ0n) is 10.2. The number of hydrogen-bond donors (Lipinski definition) is 2. The van der Waals surface area contributed by atoms with Crippen LogP contribution in [0.4, 0.5) is 0 Å². The second-order valence-corrected chi connectivity index (χ2v) is 3.93. The van der Waals surface area contributed by atoms with Crippen LogP contribution in [0.3, 0.4) is 0 Å². The zero-order chi connectivity index (χ0) is 11.5. The normalized spacial score (nSPS) is 10.3. The maximum absolute atomic E-state index is 5.10. The number of rotatable bonds is 4. The van der Waals surface area contributed by atoms with Crippen LogP contribution >= 0.6 is 12.4 Å². The molecule has 2 heterocycles. The van der Waals surface area contributed by atoms with Crippen molar-refractivity contribution < 1.29 is 4.52 Å². The van der Waals surface area contributed by atoms with Crippen molar-refractivity contribution in [3.63, 3.8) is 0 Å². The first kappa shape index (κ1) is 13.7. The van der Waals surface area contributed by atoms with E-state index in [2.05, 4.69) is 20.7 Å². The predicted octanol–water partition coefficient (Wildman–Crippen LogP) is 2.03. The van der Waals surface area contributed by atoms with Crippen LogP contribution in [0.25, 0.3) is 0 Å². The molecule has 0 bridgehead atoms. The molecular weight excluding hydrogens is 240 g/mol. The summed E-state index contributed by atoms with van der Waals surface area (Å²) < 4.78 is 5.10. The first-order chi connectivity index (χ1) is 7.68. The summed E-state index contributed by atoms with van der Waals surface area (Å²) in [5, 5.41) is 14.2. The summed E-state index contributed by atoms with van der Waals surface area (Å²) in [5.41, 5.74) is 4.38. The number of nitrogens with zero attached hydrogens (tertiary/aromatic N) is 2. The van der Waals surface area contributed by atoms with Crippen molar-refractivity contribution in [3.05, 3.63) is 34.5 Å². The Morgan fingerprint density at radius 2 is 2.06 bits per heavy atom. The predicted molar refractivity (Wildman–Crippen MR) is 67.1 cm³/mol. The van der Waals surface area contributed by atoms with E-state index in [1.165, 1.54) is 5.56 Å². The van der Waals surface area contributed by atoms with Crippen molar-refractivity contribution in [1.29, 1.82) is 0 Å². The van der Waals surface area contributed by atoms with Crippen LogP contribution in [0.1, 0.15) is 28.3 Å². The molecule has 0 unspecified atom stereocenters. The molecule has 17 heavy (non-hydrogen) atoms. The number of H-pyrrole nitrogens is 1. The van der Waals surface area contributed by atoms with Gasteiger partial charge in [-0.05, 0) is 20.8 Å². The maximum atomic E-state index is 5.10. The molecule has 0 amide bonds. The molecule has 0 atom stereocenters. The van der Waals surface area contributed by atoms with E-state index in [1.54, 1.807) is 0 Å². The topological polar surface area (TPSA) is 66.7 Å². The fourth-order valence-corrected chi connectivity index (χ4v) is 1.63. The van der Waals surface area contributed by atoms with Gasteiger partial charge in [-0.2, -0.15) is 5.10 Å². The summed E-state index contributed by atoms with van der Waals surface area (Å²) in [6, 6.07) is 0. The highest BCUT2D eigenvalue weighted by atomic mass is 35.5. The molecule has 2 aromatic rings. The minimum absolute atomic E-state index is 0. The Hall–Kier alpha value is -1.33. The van der Waals surface area contributed by atoms with Gasteiger partial charge in [0.25, 0.3) is 0 Å². The molecule has 0 radical (unpaired) electrons. The highest BCUT2D eigenvalue weighted by Crippen LogP contribution is 2.12. The molecule has 0 saturated carbocycles. The van der Waals surface area contributed by atoms with Crippen LogP contribution in [0.5, 0.6) is 0 Å². The summed E-state index contributed by atoms with van der Waals surface area (Å²) >= 11 is 0. The molecule has 0 fully saturated rings. The molecule has 2 rings (SSSR count). The van der Waals surface area contributed by atoms with Crippen LogP contribution in [0, 0.1) is 20.8 Å². The second-order valence-electron chi connectivity index (χ2n) is 3.93. The number of aromatic nitrogens is 3. The molecule has 2 aromatic heterocycles. The van der Waals surface area contributed by atoms with Crippen molar-refractivity contribution in [3.8, 4) is 0 Å². The molecule has 0 spiro atoms. The van der Waals surface area contributed by atoms with E-state index in [0.717, 1.165) is 35.8 Å². The van der Waals surface area contributed by atoms with Gasteiger partial charge >= 0.3 is 0 Å². The summed E-state index contributed by atoms with van der Waals surface area (Å²) in [4.78, 5) is 0. The Labute approximate surface area is 106 Å². The van der Waals surface area contributed by atoms with Gasteiger partial charge in [0.05, 0.1) is 11.9 Å². The lowest BCUT2D eigenvalue weighted by Crippen LogP contribution is -2.13. The fourth-order valence-electron chi connectivity index (χ4n) is 1.63. The summed E-state index contributed by atoms with van der Waals surface area (Å²) in [6.07, 6.45) is 1.84. The fraction of sp³-hybridized carbons (Fsp3) is 0.455. The molecule has 2 N–H and O–H groups in total. The van der Waals surface area contributed by atoms with E-state index in [-0.39, 0.29) is 12.4 Å². The van der Waals surface area contributed by atoms with E-state index < -0.39 is 0 Å². The van der Waals surface area contributed by atoms with Crippen LogP contribution in [0.2, 0.25) is 0 Å². The van der Waals surface area contributed by atoms with Crippen LogP contribution < -0.4 is 5.32 Å². The third kappa shape index (κ3) is 3.08. The lowest BCUT2D eigenvalue weighted by Gasteiger charge is -2.03. The lowest BCUT2D eigenvalue weighted by atomic mass is 10.2. The lowest BCUT2D eigenvalue weighted by molar-refractivity contribution is 0.392. The van der Waals surface area contributed by atoms with Gasteiger partial charge in [-0.25, -0.2) is 0 Å². The van der Waals surface area contributed by atoms with Crippen molar-refractivity contribution in [2.24, 2.45) is 0 Å². The van der Waals surface area contributed by atoms with Crippen molar-refractivity contribution in [2.75, 3.05) is 0 Å². The Morgan fingerprint density at radius 3 is 2.59 bits per heavy atom. The molecule has 0 aliphatic rings. The van der Waals surface area contributed by atoms with E-state index >= 15 is 0 Å². The number of halogens is 1. The molecule has 6 heteroatoms. The van der Waals surface area contributed by atoms with E-state index in [1.807, 2.05) is 27.0 Å². The number of nitrogens with one attached hydrogen (secondary N) is 2. The number of aryl methyl sites for hydroxylation is 3. The van der Waals surface area contributed by atoms with Crippen molar-refractivity contribution in [2.45, 2.75) is 33.9 Å². The zero-order valence-corrected chi connectivity index (χ0v) is 11.0. The third-order valence-corrected chi connectivity index (χ3v) is 2.73. The molecule has 0 aromatic carbocycles. The van der Waals surface area contributed by atoms with E-state index in [9.17, 15) is 0 Å². The highest BCUT2D eigenvalue weighted by molar-refractivity contribution is 5.85. The monoisotopic (exact) mass is 256 g/mol. The van der Waals surface area contributed by atoms with Gasteiger partial charge < -0.3 is 9.84 Å². The second kappa shape index (κ2) is 5.84. The molecule has 0 aliphatic carbocycles. The smallest absolute Gasteiger partial charge is 0.138 e. The standard InChI is InChI=1S/C11H16N4O.ClH/c1-7-10(5-13-14-7)4-12-6-11-8(2)15-16-9(11)3;/h5,12H,4,6H2,1-3H3,(H,13,14);1H. The highest BCUT2D eigenvalue weighted by Gasteiger charge is 2.08. The van der Waals surface area contributed by atoms with Gasteiger partial charge in [0.15, 0.2) is 0 Å². The number of hydrogen-bond acceptors (Lipinski definition) is 4. The minimum atomic E-state index is 0. The van der Waals surface area contributed by atoms with E-state index in [0.29, 0.717) is 0 Å². The Bertz CT molecular complexity index is 458. The average molecular weight is 257 g/mol. The molecule has 0 saturated heterocycles. The Morgan fingerprint density at radius 1 is 1.29 bits per heavy atom. The first-order valence-electron chi connectivity index (χ1n) is 5.29. The average Bonchev–Trinajstić information content (AvgIpc) is 2.79. The van der Waals surface area contributed by atoms with Crippen molar-refractivity contribution in [1.82, 2.24) is 20.7 Å². The van der Waals surface area contributed by atoms with Gasteiger partial charge in [-0.15, -0.1) is 12.4 Å². The van der Waals surface area contributed by atoms with E-state index in [4.69, 9.17) is 4.52 Å². The largest absolute Gasteiger partial charge is 0.361 e. The van der Waals surface area contributed by atoms with Gasteiger partial charge in [-0.3, -0.25) is 5.10 Å². The van der Waals surface area contributed by atoms with Gasteiger partial charge in [0, 0.05) is 29.9 Å². The Kier molecular flexibility index (Phi) is 4.72. The summed E-state index contributed by atoms with van der Waals surface area (Å²) in [5.74, 6) is 0.883. The molecule has 0 aliphatic heterocycles. The molecule has 5 nitrogen and oxygen atoms in total. The van der Waals surface area contributed by atoms with Gasteiger partial charge in [-0.1, -0.05) is 5.16 Å².